The van der Waals surface area contributed by atoms with Crippen LogP contribution >= 0.6 is 11.3 Å². The lowest BCUT2D eigenvalue weighted by atomic mass is 10.2. The van der Waals surface area contributed by atoms with Gasteiger partial charge >= 0.3 is 0 Å². The van der Waals surface area contributed by atoms with Gasteiger partial charge in [0.25, 0.3) is 0 Å². The molecule has 0 aliphatic heterocycles. The van der Waals surface area contributed by atoms with E-state index in [2.05, 4.69) is 9.71 Å². The predicted octanol–water partition coefficient (Wildman–Crippen LogP) is 1.43. The molecule has 0 saturated carbocycles. The first-order chi connectivity index (χ1) is 9.96. The molecular formula is C13H16N2O4S2. The summed E-state index contributed by atoms with van der Waals surface area (Å²) in [5, 5.41) is 9.96. The van der Waals surface area contributed by atoms with Gasteiger partial charge in [-0.3, -0.25) is 0 Å². The Labute approximate surface area is 127 Å². The Morgan fingerprint density at radius 2 is 2.19 bits per heavy atom. The number of hydrogen-bond acceptors (Lipinski definition) is 6. The van der Waals surface area contributed by atoms with Crippen LogP contribution in [-0.4, -0.2) is 25.6 Å². The average Bonchev–Trinajstić information content (AvgIpc) is 2.90. The fourth-order valence-electron chi connectivity index (χ4n) is 1.76. The van der Waals surface area contributed by atoms with Gasteiger partial charge in [-0.2, -0.15) is 0 Å². The van der Waals surface area contributed by atoms with Crippen molar-refractivity contribution < 1.29 is 18.3 Å². The molecule has 2 aromatic rings. The lowest BCUT2D eigenvalue weighted by molar-refractivity contribution is 0.280. The highest BCUT2D eigenvalue weighted by atomic mass is 32.2. The summed E-state index contributed by atoms with van der Waals surface area (Å²) >= 11 is 1.44. The normalized spacial score (nSPS) is 11.6. The second-order valence-corrected chi connectivity index (χ2v) is 7.37. The van der Waals surface area contributed by atoms with Crippen LogP contribution in [0.5, 0.6) is 5.75 Å². The van der Waals surface area contributed by atoms with Crippen molar-refractivity contribution in [3.63, 3.8) is 0 Å². The van der Waals surface area contributed by atoms with Gasteiger partial charge in [0.2, 0.25) is 10.0 Å². The Morgan fingerprint density at radius 3 is 2.76 bits per heavy atom. The molecule has 0 spiro atoms. The first-order valence-corrected chi connectivity index (χ1v) is 8.45. The van der Waals surface area contributed by atoms with Gasteiger partial charge in [0, 0.05) is 17.6 Å². The molecule has 0 radical (unpaired) electrons. The number of nitrogens with zero attached hydrogens (tertiary/aromatic N) is 1. The van der Waals surface area contributed by atoms with Crippen molar-refractivity contribution in [1.82, 2.24) is 9.71 Å². The highest BCUT2D eigenvalue weighted by Gasteiger charge is 2.19. The third kappa shape index (κ3) is 3.79. The lowest BCUT2D eigenvalue weighted by Crippen LogP contribution is -2.23. The number of sulfonamides is 1. The number of thiazole rings is 1. The highest BCUT2D eigenvalue weighted by Crippen LogP contribution is 2.25. The number of rotatable bonds is 6. The Balaban J connectivity index is 2.22. The van der Waals surface area contributed by atoms with E-state index in [-0.39, 0.29) is 23.8 Å². The number of hydrogen-bond donors (Lipinski definition) is 2. The van der Waals surface area contributed by atoms with Gasteiger partial charge in [-0.05, 0) is 24.6 Å². The average molecular weight is 328 g/mol. The molecule has 0 saturated heterocycles. The van der Waals surface area contributed by atoms with Crippen LogP contribution < -0.4 is 9.46 Å². The fourth-order valence-corrected chi connectivity index (χ4v) is 3.74. The molecule has 8 heteroatoms. The number of benzene rings is 1. The monoisotopic (exact) mass is 328 g/mol. The van der Waals surface area contributed by atoms with Crippen molar-refractivity contribution in [1.29, 1.82) is 0 Å². The SMILES string of the molecule is COc1cc(CO)ccc1S(=O)(=O)NCc1cnc(C)s1. The summed E-state index contributed by atoms with van der Waals surface area (Å²) in [4.78, 5) is 4.96. The van der Waals surface area contributed by atoms with E-state index in [0.29, 0.717) is 5.56 Å². The van der Waals surface area contributed by atoms with Crippen LogP contribution in [0.1, 0.15) is 15.4 Å². The number of methoxy groups -OCH3 is 1. The van der Waals surface area contributed by atoms with Gasteiger partial charge in [-0.1, -0.05) is 6.07 Å². The van der Waals surface area contributed by atoms with E-state index in [1.54, 1.807) is 12.3 Å². The molecule has 0 bridgehead atoms. The maximum atomic E-state index is 12.3. The topological polar surface area (TPSA) is 88.5 Å². The Kier molecular flexibility index (Phi) is 4.94. The fraction of sp³-hybridized carbons (Fsp3) is 0.308. The molecule has 0 unspecified atom stereocenters. The molecule has 1 aromatic heterocycles. The van der Waals surface area contributed by atoms with Crippen LogP contribution in [0, 0.1) is 6.92 Å². The minimum atomic E-state index is -3.69. The quantitative estimate of drug-likeness (QED) is 0.837. The molecule has 2 rings (SSSR count). The molecule has 2 N–H and O–H groups in total. The van der Waals surface area contributed by atoms with Crippen LogP contribution in [0.4, 0.5) is 0 Å². The number of aromatic nitrogens is 1. The number of ether oxygens (including phenoxy) is 1. The second-order valence-electron chi connectivity index (χ2n) is 4.31. The third-order valence-corrected chi connectivity index (χ3v) is 5.16. The zero-order valence-corrected chi connectivity index (χ0v) is 13.3. The van der Waals surface area contributed by atoms with Gasteiger partial charge in [-0.25, -0.2) is 18.1 Å². The predicted molar refractivity (Wildman–Crippen MR) is 79.8 cm³/mol. The van der Waals surface area contributed by atoms with Crippen LogP contribution in [0.3, 0.4) is 0 Å². The van der Waals surface area contributed by atoms with Gasteiger partial charge in [0.1, 0.15) is 10.6 Å². The van der Waals surface area contributed by atoms with Crippen molar-refractivity contribution >= 4 is 21.4 Å². The van der Waals surface area contributed by atoms with E-state index in [9.17, 15) is 8.42 Å². The van der Waals surface area contributed by atoms with Crippen molar-refractivity contribution in [3.05, 3.63) is 39.8 Å². The number of aliphatic hydroxyl groups is 1. The standard InChI is InChI=1S/C13H16N2O4S2/c1-9-14-6-11(20-9)7-15-21(17,18)13-4-3-10(8-16)5-12(13)19-2/h3-6,15-16H,7-8H2,1-2H3. The zero-order valence-electron chi connectivity index (χ0n) is 11.7. The summed E-state index contributed by atoms with van der Waals surface area (Å²) in [5.41, 5.74) is 0.587. The summed E-state index contributed by atoms with van der Waals surface area (Å²) in [6.07, 6.45) is 1.65. The van der Waals surface area contributed by atoms with E-state index >= 15 is 0 Å². The second kappa shape index (κ2) is 6.52. The maximum absolute atomic E-state index is 12.3. The lowest BCUT2D eigenvalue weighted by Gasteiger charge is -2.11. The number of aryl methyl sites for hydroxylation is 1. The summed E-state index contributed by atoms with van der Waals surface area (Å²) in [6.45, 7) is 1.86. The summed E-state index contributed by atoms with van der Waals surface area (Å²) < 4.78 is 32.3. The maximum Gasteiger partial charge on any atom is 0.244 e. The van der Waals surface area contributed by atoms with Gasteiger partial charge < -0.3 is 9.84 Å². The van der Waals surface area contributed by atoms with Crippen molar-refractivity contribution in [3.8, 4) is 5.75 Å². The molecule has 0 amide bonds. The number of aliphatic hydroxyl groups excluding tert-OH is 1. The van der Waals surface area contributed by atoms with Gasteiger partial charge in [-0.15, -0.1) is 11.3 Å². The molecule has 1 aromatic carbocycles. The first kappa shape index (κ1) is 15.9. The summed E-state index contributed by atoms with van der Waals surface area (Å²) in [7, 11) is -2.30. The highest BCUT2D eigenvalue weighted by molar-refractivity contribution is 7.89. The van der Waals surface area contributed by atoms with Crippen molar-refractivity contribution in [2.45, 2.75) is 25.0 Å². The van der Waals surface area contributed by atoms with Crippen LogP contribution in [0.25, 0.3) is 0 Å². The van der Waals surface area contributed by atoms with Crippen LogP contribution in [0.2, 0.25) is 0 Å². The smallest absolute Gasteiger partial charge is 0.244 e. The van der Waals surface area contributed by atoms with E-state index in [0.717, 1.165) is 9.88 Å². The Hall–Kier alpha value is -1.48. The molecule has 0 atom stereocenters. The minimum Gasteiger partial charge on any atom is -0.495 e. The first-order valence-electron chi connectivity index (χ1n) is 6.15. The van der Waals surface area contributed by atoms with Crippen molar-refractivity contribution in [2.24, 2.45) is 0 Å². The van der Waals surface area contributed by atoms with Gasteiger partial charge in [0.05, 0.1) is 18.7 Å². The van der Waals surface area contributed by atoms with Crippen LogP contribution in [-0.2, 0) is 23.2 Å². The molecule has 1 heterocycles. The van der Waals surface area contributed by atoms with Crippen LogP contribution in [0.15, 0.2) is 29.3 Å². The van der Waals surface area contributed by atoms with E-state index in [1.165, 1.54) is 30.6 Å². The number of nitrogens with one attached hydrogen (secondary N) is 1. The van der Waals surface area contributed by atoms with E-state index in [1.807, 2.05) is 6.92 Å². The summed E-state index contributed by atoms with van der Waals surface area (Å²) in [5.74, 6) is 0.203. The van der Waals surface area contributed by atoms with E-state index in [4.69, 9.17) is 9.84 Å². The molecule has 6 nitrogen and oxygen atoms in total. The Morgan fingerprint density at radius 1 is 1.43 bits per heavy atom. The molecule has 0 aliphatic carbocycles. The van der Waals surface area contributed by atoms with Gasteiger partial charge in [0.15, 0.2) is 0 Å². The molecular weight excluding hydrogens is 312 g/mol. The zero-order chi connectivity index (χ0) is 15.5. The van der Waals surface area contributed by atoms with E-state index < -0.39 is 10.0 Å². The molecule has 114 valence electrons. The van der Waals surface area contributed by atoms with Crippen molar-refractivity contribution in [2.75, 3.05) is 7.11 Å². The molecule has 21 heavy (non-hydrogen) atoms. The Bertz CT molecular complexity index is 726. The molecule has 0 aliphatic rings. The largest absolute Gasteiger partial charge is 0.495 e. The molecule has 0 fully saturated rings. The minimum absolute atomic E-state index is 0.0448. The summed E-state index contributed by atoms with van der Waals surface area (Å²) in [6, 6.07) is 4.48. The third-order valence-electron chi connectivity index (χ3n) is 2.81.